The number of aromatic amines is 2. The van der Waals surface area contributed by atoms with Crippen molar-refractivity contribution < 1.29 is 41.2 Å². The summed E-state index contributed by atoms with van der Waals surface area (Å²) in [6.07, 6.45) is -1.93. The van der Waals surface area contributed by atoms with E-state index in [-0.39, 0.29) is 41.0 Å². The summed E-state index contributed by atoms with van der Waals surface area (Å²) in [5, 5.41) is 7.63. The van der Waals surface area contributed by atoms with Gasteiger partial charge in [-0.25, -0.2) is 18.7 Å². The van der Waals surface area contributed by atoms with E-state index in [2.05, 4.69) is 30.0 Å². The molecule has 9 atom stereocenters. The van der Waals surface area contributed by atoms with Gasteiger partial charge in [0.2, 0.25) is 5.85 Å². The molecule has 0 radical (unpaired) electrons. The summed E-state index contributed by atoms with van der Waals surface area (Å²) in [5.74, 6) is -1.87. The molecule has 4 heterocycles. The third kappa shape index (κ3) is 10.6. The van der Waals surface area contributed by atoms with Crippen LogP contribution in [0.1, 0.15) is 47.8 Å². The molecule has 5 aromatic rings. The quantitative estimate of drug-likeness (QED) is 0.0394. The van der Waals surface area contributed by atoms with Crippen LogP contribution in [0.5, 0.6) is 11.5 Å². The van der Waals surface area contributed by atoms with Gasteiger partial charge >= 0.3 is 26.8 Å². The van der Waals surface area contributed by atoms with Crippen molar-refractivity contribution in [3.63, 3.8) is 0 Å². The van der Waals surface area contributed by atoms with Crippen LogP contribution in [0.4, 0.5) is 0 Å². The van der Waals surface area contributed by atoms with Crippen molar-refractivity contribution in [1.29, 1.82) is 0 Å². The number of nitrogens with zero attached hydrogens (tertiary/aromatic N) is 8. The average Bonchev–Trinajstić information content (AvgIpc) is 3.88. The molecule has 7 rings (SSSR count). The number of hydrogen-bond acceptors (Lipinski definition) is 15. The van der Waals surface area contributed by atoms with Crippen LogP contribution >= 0.6 is 15.4 Å². The number of phosphoric ester groups is 1. The highest BCUT2D eigenvalue weighted by Crippen LogP contribution is 2.67. The molecule has 64 heavy (non-hydrogen) atoms. The fourth-order valence-electron chi connectivity index (χ4n) is 6.89. The number of benzene rings is 3. The number of para-hydroxylation sites is 2. The van der Waals surface area contributed by atoms with Gasteiger partial charge in [-0.3, -0.25) is 42.3 Å². The molecule has 2 N–H and O–H groups in total. The van der Waals surface area contributed by atoms with Crippen LogP contribution in [0, 0.1) is 13.8 Å². The topological polar surface area (TPSA) is 306 Å². The molecule has 3 aromatic carbocycles. The van der Waals surface area contributed by atoms with Gasteiger partial charge in [-0.05, 0) is 54.7 Å². The number of aromatic nitrogens is 4. The van der Waals surface area contributed by atoms with Crippen LogP contribution in [-0.2, 0) is 32.2 Å². The molecule has 23 nitrogen and oxygen atoms in total. The lowest BCUT2D eigenvalue weighted by Crippen LogP contribution is -2.33. The first-order valence-electron chi connectivity index (χ1n) is 19.5. The summed E-state index contributed by atoms with van der Waals surface area (Å²) in [5.41, 5.74) is 16.7. The van der Waals surface area contributed by atoms with Gasteiger partial charge in [0.15, 0.2) is 0 Å². The molecule has 0 amide bonds. The third-order valence-corrected chi connectivity index (χ3v) is 13.6. The number of rotatable bonds is 18. The smallest absolute Gasteiger partial charge is 0.422 e. The Hall–Kier alpha value is -6.50. The number of nitrogens with one attached hydrogen (secondary N) is 2. The molecule has 334 valence electrons. The molecule has 0 spiro atoms. The molecular formula is C39H40N10O13P2. The van der Waals surface area contributed by atoms with Gasteiger partial charge in [0.25, 0.3) is 11.1 Å². The van der Waals surface area contributed by atoms with E-state index in [1.807, 2.05) is 0 Å². The minimum absolute atomic E-state index is 0.000191. The Morgan fingerprint density at radius 2 is 1.12 bits per heavy atom. The summed E-state index contributed by atoms with van der Waals surface area (Å²) in [7, 11) is -9.92. The highest BCUT2D eigenvalue weighted by molar-refractivity contribution is 7.56. The normalized spacial score (nSPS) is 22.8. The first-order valence-corrected chi connectivity index (χ1v) is 22.6. The number of hydrogen-bond donors (Lipinski definition) is 2. The summed E-state index contributed by atoms with van der Waals surface area (Å²) in [6.45, 7) is 1.74. The maximum absolute atomic E-state index is 15.6. The van der Waals surface area contributed by atoms with Crippen molar-refractivity contribution in [2.45, 2.75) is 69.3 Å². The molecule has 0 aliphatic carbocycles. The maximum Gasteiger partial charge on any atom is 0.531 e. The molecule has 0 bridgehead atoms. The van der Waals surface area contributed by atoms with E-state index in [0.29, 0.717) is 0 Å². The zero-order valence-corrected chi connectivity index (χ0v) is 35.8. The fourth-order valence-corrected chi connectivity index (χ4v) is 10.5. The lowest BCUT2D eigenvalue weighted by Gasteiger charge is -2.31. The molecule has 2 saturated heterocycles. The zero-order valence-electron chi connectivity index (χ0n) is 34.0. The van der Waals surface area contributed by atoms with Crippen LogP contribution in [0.25, 0.3) is 20.9 Å². The minimum atomic E-state index is -5.04. The van der Waals surface area contributed by atoms with Crippen LogP contribution in [0.3, 0.4) is 0 Å². The monoisotopic (exact) mass is 918 g/mol. The highest BCUT2D eigenvalue weighted by Gasteiger charge is 2.49. The number of aryl methyl sites for hydroxylation is 2. The second kappa shape index (κ2) is 19.9. The van der Waals surface area contributed by atoms with Crippen LogP contribution in [0.15, 0.2) is 133 Å². The van der Waals surface area contributed by atoms with E-state index < -0.39 is 93.7 Å². The molecule has 2 aliphatic heterocycles. The number of phosphoric acid groups is 1. The largest absolute Gasteiger partial charge is 0.531 e. The van der Waals surface area contributed by atoms with E-state index in [1.54, 1.807) is 54.6 Å². The second-order valence-electron chi connectivity index (χ2n) is 14.5. The Bertz CT molecular complexity index is 2890. The molecule has 2 aliphatic rings. The van der Waals surface area contributed by atoms with Crippen LogP contribution in [-0.4, -0.2) is 56.6 Å². The Morgan fingerprint density at radius 3 is 1.59 bits per heavy atom. The summed E-state index contributed by atoms with van der Waals surface area (Å²) >= 11 is 0. The van der Waals surface area contributed by atoms with Crippen molar-refractivity contribution in [2.75, 3.05) is 13.2 Å². The Morgan fingerprint density at radius 1 is 0.688 bits per heavy atom. The lowest BCUT2D eigenvalue weighted by atomic mass is 10.1. The predicted molar refractivity (Wildman–Crippen MR) is 227 cm³/mol. The predicted octanol–water partition coefficient (Wildman–Crippen LogP) is 6.84. The number of ether oxygens (including phenoxy) is 2. The van der Waals surface area contributed by atoms with Crippen molar-refractivity contribution in [3.05, 3.63) is 183 Å². The van der Waals surface area contributed by atoms with E-state index in [1.165, 1.54) is 62.6 Å². The van der Waals surface area contributed by atoms with Gasteiger partial charge in [0.1, 0.15) is 24.0 Å². The average molecular weight is 919 g/mol. The summed E-state index contributed by atoms with van der Waals surface area (Å²) in [4.78, 5) is 59.9. The molecule has 3 unspecified atom stereocenters. The van der Waals surface area contributed by atoms with Gasteiger partial charge in [-0.1, -0.05) is 77.0 Å². The van der Waals surface area contributed by atoms with Gasteiger partial charge in [0.05, 0.1) is 37.5 Å². The van der Waals surface area contributed by atoms with E-state index >= 15 is 9.13 Å². The van der Waals surface area contributed by atoms with Crippen molar-refractivity contribution in [2.24, 2.45) is 10.2 Å². The highest BCUT2D eigenvalue weighted by atomic mass is 31.2. The van der Waals surface area contributed by atoms with Gasteiger partial charge in [-0.2, -0.15) is 0 Å². The van der Waals surface area contributed by atoms with Crippen LogP contribution < -0.4 is 31.5 Å². The first kappa shape index (κ1) is 45.5. The number of H-pyrrole nitrogens is 2. The summed E-state index contributed by atoms with van der Waals surface area (Å²) < 4.78 is 75.7. The van der Waals surface area contributed by atoms with E-state index in [4.69, 9.17) is 32.1 Å². The van der Waals surface area contributed by atoms with Crippen molar-refractivity contribution >= 4 is 15.4 Å². The van der Waals surface area contributed by atoms with Gasteiger partial charge < -0.3 is 18.5 Å². The molecule has 25 heteroatoms. The molecule has 2 fully saturated rings. The third-order valence-electron chi connectivity index (χ3n) is 10.1. The fraction of sp³-hybridized carbons (Fsp3) is 0.333. The Labute approximate surface area is 361 Å². The Balaban J connectivity index is 1.23. The lowest BCUT2D eigenvalue weighted by molar-refractivity contribution is -0.0303. The van der Waals surface area contributed by atoms with Gasteiger partial charge in [0, 0.05) is 46.2 Å². The first-order chi connectivity index (χ1) is 30.8. The standard InChI is InChI=1S/C39H40N10O13P2/c1-24-20-48(38(52)42-35(24)50)33-18-29(44-46-40)31(58-33)22-56-63(54,60-27-14-8-4-9-15-27)37(26-12-6-3-7-13-26)62-64(55,61-28-16-10-5-11-17-28)57-23-32-30(45-47-41)19-34(59-32)49-21-25(2)36(51)43-39(49)53/h3-17,20-21,29-34,37H,18-19,22-23H2,1-2H3,(H,42,50,52)(H,43,51,53)/t29-,30-,31+,32+,33+,34+,37?,63?,64?/m0/s1. The van der Waals surface area contributed by atoms with Gasteiger partial charge in [-0.15, -0.1) is 0 Å². The number of azide groups is 2. The Kier molecular flexibility index (Phi) is 14.2. The molecule has 0 saturated carbocycles. The molecular weight excluding hydrogens is 878 g/mol. The SMILES string of the molecule is Cc1cn([C@H]2C[C@H](N=[N+]=[N-])[C@@H](COP(=O)(Oc3ccccc3)OC(c3ccccc3)P(=O)(OC[C@H]3O[C@@H](n4cc(C)c(=O)[nH]c4=O)C[C@@H]3N=[N+]=[N-])Oc3ccccc3)O2)c(=O)[nH]c1=O. The zero-order chi connectivity index (χ0) is 45.4. The van der Waals surface area contributed by atoms with E-state index in [0.717, 1.165) is 9.13 Å². The van der Waals surface area contributed by atoms with Crippen LogP contribution in [0.2, 0.25) is 0 Å². The van der Waals surface area contributed by atoms with E-state index in [9.17, 15) is 30.2 Å². The second-order valence-corrected chi connectivity index (χ2v) is 18.0. The summed E-state index contributed by atoms with van der Waals surface area (Å²) in [6, 6.07) is 21.5. The minimum Gasteiger partial charge on any atom is -0.422 e. The van der Waals surface area contributed by atoms with Crippen molar-refractivity contribution in [3.8, 4) is 11.5 Å². The van der Waals surface area contributed by atoms with Crippen molar-refractivity contribution in [1.82, 2.24) is 19.1 Å². The molecule has 2 aromatic heterocycles. The maximum atomic E-state index is 15.6.